The highest BCUT2D eigenvalue weighted by Crippen LogP contribution is 2.29. The van der Waals surface area contributed by atoms with Crippen LogP contribution in [0.15, 0.2) is 48.5 Å². The quantitative estimate of drug-likeness (QED) is 0.748. The first-order chi connectivity index (χ1) is 13.1. The summed E-state index contributed by atoms with van der Waals surface area (Å²) >= 11 is 0. The lowest BCUT2D eigenvalue weighted by molar-refractivity contribution is -0.146. The molecular formula is C22H24FNO3. The number of benzene rings is 2. The first kappa shape index (κ1) is 19.1. The maximum absolute atomic E-state index is 14.2. The fourth-order valence-corrected chi connectivity index (χ4v) is 3.59. The third kappa shape index (κ3) is 3.87. The Balaban J connectivity index is 1.93. The van der Waals surface area contributed by atoms with Crippen molar-refractivity contribution in [3.05, 3.63) is 59.7 Å². The summed E-state index contributed by atoms with van der Waals surface area (Å²) in [5, 5.41) is 0. The van der Waals surface area contributed by atoms with Crippen molar-refractivity contribution in [1.29, 1.82) is 0 Å². The second-order valence-corrected chi connectivity index (χ2v) is 6.76. The van der Waals surface area contributed by atoms with Gasteiger partial charge in [0.2, 0.25) is 0 Å². The number of carbonyl (C=O) groups is 2. The van der Waals surface area contributed by atoms with Crippen LogP contribution >= 0.6 is 0 Å². The van der Waals surface area contributed by atoms with Crippen molar-refractivity contribution in [3.8, 4) is 11.1 Å². The molecule has 3 rings (SSSR count). The third-order valence-corrected chi connectivity index (χ3v) is 4.99. The minimum atomic E-state index is -1.40. The molecule has 5 heteroatoms. The van der Waals surface area contributed by atoms with Crippen molar-refractivity contribution < 1.29 is 18.7 Å². The number of likely N-dealkylation sites (tertiary alicyclic amines) is 1. The van der Waals surface area contributed by atoms with Gasteiger partial charge in [0.25, 0.3) is 5.91 Å². The molecule has 0 aromatic heterocycles. The van der Waals surface area contributed by atoms with E-state index < -0.39 is 18.2 Å². The summed E-state index contributed by atoms with van der Waals surface area (Å²) in [5.74, 6) is -1.06. The van der Waals surface area contributed by atoms with E-state index in [1.165, 1.54) is 17.6 Å². The molecule has 4 nitrogen and oxygen atoms in total. The van der Waals surface area contributed by atoms with Gasteiger partial charge in [-0.15, -0.1) is 0 Å². The van der Waals surface area contributed by atoms with E-state index in [0.29, 0.717) is 5.56 Å². The summed E-state index contributed by atoms with van der Waals surface area (Å²) in [6.07, 6.45) is 0.817. The van der Waals surface area contributed by atoms with Crippen molar-refractivity contribution in [2.45, 2.75) is 38.4 Å². The molecule has 0 radical (unpaired) electrons. The third-order valence-electron chi connectivity index (χ3n) is 4.99. The molecule has 0 aliphatic carbocycles. The van der Waals surface area contributed by atoms with Crippen LogP contribution in [0.25, 0.3) is 11.1 Å². The molecule has 0 saturated carbocycles. The molecule has 0 spiro atoms. The molecule has 2 aromatic carbocycles. The lowest BCUT2D eigenvalue weighted by atomic mass is 9.97. The van der Waals surface area contributed by atoms with Gasteiger partial charge >= 0.3 is 5.97 Å². The molecule has 0 bridgehead atoms. The maximum atomic E-state index is 14.2. The molecule has 1 aliphatic rings. The number of methoxy groups -OCH3 is 1. The number of nitrogens with zero attached hydrogens (tertiary/aromatic N) is 1. The van der Waals surface area contributed by atoms with Crippen molar-refractivity contribution in [2.24, 2.45) is 0 Å². The van der Waals surface area contributed by atoms with Crippen LogP contribution in [0.5, 0.6) is 0 Å². The van der Waals surface area contributed by atoms with Gasteiger partial charge in [-0.2, -0.15) is 0 Å². The molecule has 142 valence electrons. The average molecular weight is 369 g/mol. The predicted molar refractivity (Wildman–Crippen MR) is 102 cm³/mol. The fraction of sp³-hybridized carbons (Fsp3) is 0.364. The SMILES string of the molecule is CCCc1ccc(-c2ccccc2C(=O)N2CC[C@H](F)[C@@H]2C(=O)OC)cc1. The molecule has 2 aromatic rings. The normalized spacial score (nSPS) is 19.1. The average Bonchev–Trinajstić information content (AvgIpc) is 3.09. The van der Waals surface area contributed by atoms with E-state index in [1.807, 2.05) is 24.3 Å². The summed E-state index contributed by atoms with van der Waals surface area (Å²) < 4.78 is 18.9. The van der Waals surface area contributed by atoms with Crippen LogP contribution in [-0.2, 0) is 16.0 Å². The highest BCUT2D eigenvalue weighted by atomic mass is 19.1. The van der Waals surface area contributed by atoms with E-state index in [2.05, 4.69) is 19.1 Å². The van der Waals surface area contributed by atoms with Crippen LogP contribution in [0.1, 0.15) is 35.7 Å². The van der Waals surface area contributed by atoms with Gasteiger partial charge < -0.3 is 9.64 Å². The zero-order chi connectivity index (χ0) is 19.4. The topological polar surface area (TPSA) is 46.6 Å². The Morgan fingerprint density at radius 3 is 2.52 bits per heavy atom. The first-order valence-corrected chi connectivity index (χ1v) is 9.28. The van der Waals surface area contributed by atoms with E-state index in [4.69, 9.17) is 4.74 Å². The number of carbonyl (C=O) groups excluding carboxylic acids is 2. The van der Waals surface area contributed by atoms with E-state index in [0.717, 1.165) is 24.0 Å². The Labute approximate surface area is 158 Å². The number of amides is 1. The smallest absolute Gasteiger partial charge is 0.331 e. The molecule has 0 N–H and O–H groups in total. The number of alkyl halides is 1. The number of hydrogen-bond donors (Lipinski definition) is 0. The van der Waals surface area contributed by atoms with E-state index >= 15 is 0 Å². The number of halogens is 1. The van der Waals surface area contributed by atoms with Crippen LogP contribution in [0.4, 0.5) is 4.39 Å². The molecule has 0 unspecified atom stereocenters. The fourth-order valence-electron chi connectivity index (χ4n) is 3.59. The molecule has 1 saturated heterocycles. The number of rotatable bonds is 5. The minimum Gasteiger partial charge on any atom is -0.467 e. The van der Waals surface area contributed by atoms with Crippen LogP contribution in [-0.4, -0.2) is 42.6 Å². The Morgan fingerprint density at radius 1 is 1.15 bits per heavy atom. The second kappa shape index (κ2) is 8.33. The summed E-state index contributed by atoms with van der Waals surface area (Å²) in [4.78, 5) is 26.4. The molecule has 1 aliphatic heterocycles. The van der Waals surface area contributed by atoms with Crippen LogP contribution < -0.4 is 0 Å². The lowest BCUT2D eigenvalue weighted by Gasteiger charge is -2.24. The minimum absolute atomic E-state index is 0.138. The summed E-state index contributed by atoms with van der Waals surface area (Å²) in [6.45, 7) is 2.33. The zero-order valence-electron chi connectivity index (χ0n) is 15.7. The molecule has 1 fully saturated rings. The van der Waals surface area contributed by atoms with Crippen molar-refractivity contribution in [3.63, 3.8) is 0 Å². The first-order valence-electron chi connectivity index (χ1n) is 9.28. The number of esters is 1. The zero-order valence-corrected chi connectivity index (χ0v) is 15.7. The van der Waals surface area contributed by atoms with Crippen molar-refractivity contribution in [2.75, 3.05) is 13.7 Å². The number of hydrogen-bond acceptors (Lipinski definition) is 3. The molecule has 1 heterocycles. The van der Waals surface area contributed by atoms with Crippen LogP contribution in [0, 0.1) is 0 Å². The molecule has 1 amide bonds. The van der Waals surface area contributed by atoms with Crippen LogP contribution in [0.2, 0.25) is 0 Å². The van der Waals surface area contributed by atoms with Crippen LogP contribution in [0.3, 0.4) is 0 Å². The van der Waals surface area contributed by atoms with Gasteiger partial charge in [0.15, 0.2) is 6.04 Å². The van der Waals surface area contributed by atoms with Gasteiger partial charge in [0, 0.05) is 12.1 Å². The lowest BCUT2D eigenvalue weighted by Crippen LogP contribution is -2.44. The van der Waals surface area contributed by atoms with E-state index in [1.54, 1.807) is 12.1 Å². The molecular weight excluding hydrogens is 345 g/mol. The van der Waals surface area contributed by atoms with Crippen molar-refractivity contribution >= 4 is 11.9 Å². The highest BCUT2D eigenvalue weighted by Gasteiger charge is 2.43. The highest BCUT2D eigenvalue weighted by molar-refractivity contribution is 6.02. The van der Waals surface area contributed by atoms with Gasteiger partial charge in [0.1, 0.15) is 6.17 Å². The summed E-state index contributed by atoms with van der Waals surface area (Å²) in [5.41, 5.74) is 3.40. The van der Waals surface area contributed by atoms with Gasteiger partial charge in [-0.3, -0.25) is 4.79 Å². The standard InChI is InChI=1S/C22H24FNO3/c1-3-6-15-9-11-16(12-10-15)17-7-4-5-8-18(17)21(25)24-14-13-19(23)20(24)22(26)27-2/h4-5,7-12,19-20H,3,6,13-14H2,1-2H3/t19-,20+/m0/s1. The van der Waals surface area contributed by atoms with Crippen molar-refractivity contribution in [1.82, 2.24) is 4.90 Å². The second-order valence-electron chi connectivity index (χ2n) is 6.76. The number of ether oxygens (including phenoxy) is 1. The maximum Gasteiger partial charge on any atom is 0.331 e. The van der Waals surface area contributed by atoms with Gasteiger partial charge in [-0.05, 0) is 35.6 Å². The largest absolute Gasteiger partial charge is 0.467 e. The summed E-state index contributed by atoms with van der Waals surface area (Å²) in [7, 11) is 1.21. The Bertz CT molecular complexity index is 819. The Hall–Kier alpha value is -2.69. The number of aryl methyl sites for hydroxylation is 1. The van der Waals surface area contributed by atoms with Gasteiger partial charge in [0.05, 0.1) is 7.11 Å². The molecule has 27 heavy (non-hydrogen) atoms. The molecule has 2 atom stereocenters. The monoisotopic (exact) mass is 369 g/mol. The summed E-state index contributed by atoms with van der Waals surface area (Å²) in [6, 6.07) is 14.2. The van der Waals surface area contributed by atoms with E-state index in [-0.39, 0.29) is 18.9 Å². The Kier molecular flexibility index (Phi) is 5.89. The van der Waals surface area contributed by atoms with Gasteiger partial charge in [-0.1, -0.05) is 55.8 Å². The van der Waals surface area contributed by atoms with E-state index in [9.17, 15) is 14.0 Å². The van der Waals surface area contributed by atoms with Gasteiger partial charge in [-0.25, -0.2) is 9.18 Å². The Morgan fingerprint density at radius 2 is 1.85 bits per heavy atom. The predicted octanol–water partition coefficient (Wildman–Crippen LogP) is 4.03.